The summed E-state index contributed by atoms with van der Waals surface area (Å²) in [5.41, 5.74) is 6.28. The highest BCUT2D eigenvalue weighted by atomic mass is 16.6. The predicted molar refractivity (Wildman–Crippen MR) is 62.8 cm³/mol. The third-order valence-electron chi connectivity index (χ3n) is 2.24. The maximum Gasteiger partial charge on any atom is 0.323 e. The van der Waals surface area contributed by atoms with Crippen molar-refractivity contribution in [3.63, 3.8) is 0 Å². The summed E-state index contributed by atoms with van der Waals surface area (Å²) in [4.78, 5) is 21.3. The van der Waals surface area contributed by atoms with E-state index in [-0.39, 0.29) is 25.3 Å². The number of carbonyl (C=O) groups excluding carboxylic acids is 1. The standard InChI is InChI=1S/C11H14N2O5/c12-10(11(15)18-6-5-14)7-8-1-3-9(4-2-8)13(16)17/h1-4,10,14H,5-7,12H2. The second kappa shape index (κ2) is 6.67. The molecule has 1 aromatic rings. The van der Waals surface area contributed by atoms with Gasteiger partial charge in [0.05, 0.1) is 11.5 Å². The number of benzene rings is 1. The molecule has 7 nitrogen and oxygen atoms in total. The van der Waals surface area contributed by atoms with Crippen LogP contribution in [0.4, 0.5) is 5.69 Å². The van der Waals surface area contributed by atoms with E-state index in [0.717, 1.165) is 0 Å². The molecule has 0 fully saturated rings. The number of non-ortho nitro benzene ring substituents is 1. The number of nitrogens with zero attached hydrogens (tertiary/aromatic N) is 1. The van der Waals surface area contributed by atoms with Gasteiger partial charge in [-0.05, 0) is 12.0 Å². The summed E-state index contributed by atoms with van der Waals surface area (Å²) in [5, 5.41) is 18.9. The number of hydrogen-bond donors (Lipinski definition) is 2. The van der Waals surface area contributed by atoms with Crippen molar-refractivity contribution in [3.8, 4) is 0 Å². The van der Waals surface area contributed by atoms with Crippen LogP contribution in [0.1, 0.15) is 5.56 Å². The quantitative estimate of drug-likeness (QED) is 0.419. The molecule has 0 saturated carbocycles. The van der Waals surface area contributed by atoms with Crippen molar-refractivity contribution in [3.05, 3.63) is 39.9 Å². The number of aliphatic hydroxyl groups is 1. The second-order valence-corrected chi connectivity index (χ2v) is 3.63. The molecule has 0 heterocycles. The maximum atomic E-state index is 11.3. The van der Waals surface area contributed by atoms with Crippen LogP contribution in [0.15, 0.2) is 24.3 Å². The summed E-state index contributed by atoms with van der Waals surface area (Å²) >= 11 is 0. The van der Waals surface area contributed by atoms with Crippen LogP contribution in [-0.4, -0.2) is 35.3 Å². The maximum absolute atomic E-state index is 11.3. The van der Waals surface area contributed by atoms with Crippen molar-refractivity contribution in [1.82, 2.24) is 0 Å². The third kappa shape index (κ3) is 4.11. The minimum absolute atomic E-state index is 0.0184. The number of rotatable bonds is 6. The van der Waals surface area contributed by atoms with Crippen molar-refractivity contribution in [1.29, 1.82) is 0 Å². The van der Waals surface area contributed by atoms with Crippen LogP contribution in [0.3, 0.4) is 0 Å². The summed E-state index contributed by atoms with van der Waals surface area (Å²) in [5.74, 6) is -0.609. The van der Waals surface area contributed by atoms with E-state index in [1.165, 1.54) is 24.3 Å². The molecular weight excluding hydrogens is 240 g/mol. The molecule has 1 aromatic carbocycles. The molecule has 98 valence electrons. The van der Waals surface area contributed by atoms with E-state index in [1.807, 2.05) is 0 Å². The molecule has 0 bridgehead atoms. The van der Waals surface area contributed by atoms with Crippen molar-refractivity contribution in [2.24, 2.45) is 5.73 Å². The van der Waals surface area contributed by atoms with Crippen molar-refractivity contribution in [2.45, 2.75) is 12.5 Å². The number of aliphatic hydroxyl groups excluding tert-OH is 1. The lowest BCUT2D eigenvalue weighted by Crippen LogP contribution is -2.34. The van der Waals surface area contributed by atoms with Gasteiger partial charge in [0.1, 0.15) is 12.6 Å². The van der Waals surface area contributed by atoms with Gasteiger partial charge in [-0.1, -0.05) is 12.1 Å². The van der Waals surface area contributed by atoms with Gasteiger partial charge in [0, 0.05) is 12.1 Å². The lowest BCUT2D eigenvalue weighted by Gasteiger charge is -2.10. The van der Waals surface area contributed by atoms with E-state index in [9.17, 15) is 14.9 Å². The Kier molecular flexibility index (Phi) is 5.22. The molecule has 0 radical (unpaired) electrons. The number of carbonyl (C=O) groups is 1. The Labute approximate surface area is 103 Å². The highest BCUT2D eigenvalue weighted by Gasteiger charge is 2.16. The third-order valence-corrected chi connectivity index (χ3v) is 2.24. The first-order chi connectivity index (χ1) is 8.54. The topological polar surface area (TPSA) is 116 Å². The summed E-state index contributed by atoms with van der Waals surface area (Å²) in [6, 6.07) is 4.93. The SMILES string of the molecule is NC(Cc1ccc([N+](=O)[O-])cc1)C(=O)OCCO. The second-order valence-electron chi connectivity index (χ2n) is 3.63. The average molecular weight is 254 g/mol. The van der Waals surface area contributed by atoms with Gasteiger partial charge in [-0.3, -0.25) is 14.9 Å². The zero-order valence-corrected chi connectivity index (χ0v) is 9.61. The highest BCUT2D eigenvalue weighted by molar-refractivity contribution is 5.75. The van der Waals surface area contributed by atoms with Crippen LogP contribution in [0.5, 0.6) is 0 Å². The van der Waals surface area contributed by atoms with E-state index >= 15 is 0 Å². The van der Waals surface area contributed by atoms with E-state index < -0.39 is 16.9 Å². The fraction of sp³-hybridized carbons (Fsp3) is 0.364. The van der Waals surface area contributed by atoms with E-state index in [4.69, 9.17) is 10.8 Å². The zero-order valence-electron chi connectivity index (χ0n) is 9.61. The molecule has 1 atom stereocenters. The Bertz CT molecular complexity index is 418. The smallest absolute Gasteiger partial charge is 0.323 e. The summed E-state index contributed by atoms with van der Waals surface area (Å²) in [6.45, 7) is -0.344. The molecule has 0 saturated heterocycles. The summed E-state index contributed by atoms with van der Waals surface area (Å²) < 4.78 is 4.66. The van der Waals surface area contributed by atoms with Crippen LogP contribution in [0, 0.1) is 10.1 Å². The van der Waals surface area contributed by atoms with E-state index in [2.05, 4.69) is 4.74 Å². The highest BCUT2D eigenvalue weighted by Crippen LogP contribution is 2.13. The van der Waals surface area contributed by atoms with Gasteiger partial charge in [-0.15, -0.1) is 0 Å². The average Bonchev–Trinajstić information content (AvgIpc) is 2.36. The minimum atomic E-state index is -0.849. The normalized spacial score (nSPS) is 11.9. The molecule has 0 aliphatic rings. The van der Waals surface area contributed by atoms with Gasteiger partial charge >= 0.3 is 5.97 Å². The number of nitro benzene ring substituents is 1. The Morgan fingerprint density at radius 2 is 2.06 bits per heavy atom. The van der Waals surface area contributed by atoms with Gasteiger partial charge in [0.2, 0.25) is 0 Å². The summed E-state index contributed by atoms with van der Waals surface area (Å²) in [6.07, 6.45) is 0.224. The Balaban J connectivity index is 2.56. The number of nitro groups is 1. The van der Waals surface area contributed by atoms with E-state index in [1.54, 1.807) is 0 Å². The van der Waals surface area contributed by atoms with Crippen LogP contribution in [0.2, 0.25) is 0 Å². The lowest BCUT2D eigenvalue weighted by molar-refractivity contribution is -0.384. The van der Waals surface area contributed by atoms with Crippen LogP contribution >= 0.6 is 0 Å². The molecule has 0 amide bonds. The molecular formula is C11H14N2O5. The molecule has 18 heavy (non-hydrogen) atoms. The molecule has 1 unspecified atom stereocenters. The lowest BCUT2D eigenvalue weighted by atomic mass is 10.1. The van der Waals surface area contributed by atoms with Gasteiger partial charge in [-0.25, -0.2) is 0 Å². The first-order valence-electron chi connectivity index (χ1n) is 5.31. The Hall–Kier alpha value is -1.99. The first kappa shape index (κ1) is 14.1. The first-order valence-corrected chi connectivity index (χ1v) is 5.31. The zero-order chi connectivity index (χ0) is 13.5. The number of ether oxygens (including phenoxy) is 1. The van der Waals surface area contributed by atoms with Gasteiger partial charge in [0.15, 0.2) is 0 Å². The number of esters is 1. The van der Waals surface area contributed by atoms with Crippen molar-refractivity contribution < 1.29 is 19.6 Å². The molecule has 0 spiro atoms. The molecule has 7 heteroatoms. The number of nitrogens with two attached hydrogens (primary N) is 1. The van der Waals surface area contributed by atoms with Gasteiger partial charge in [-0.2, -0.15) is 0 Å². The minimum Gasteiger partial charge on any atom is -0.462 e. The monoisotopic (exact) mass is 254 g/mol. The molecule has 3 N–H and O–H groups in total. The fourth-order valence-electron chi connectivity index (χ4n) is 1.34. The van der Waals surface area contributed by atoms with Gasteiger partial charge < -0.3 is 15.6 Å². The predicted octanol–water partition coefficient (Wildman–Crippen LogP) is 0.000100. The number of hydrogen-bond acceptors (Lipinski definition) is 6. The largest absolute Gasteiger partial charge is 0.462 e. The van der Waals surface area contributed by atoms with Crippen molar-refractivity contribution in [2.75, 3.05) is 13.2 Å². The molecule has 0 aliphatic heterocycles. The van der Waals surface area contributed by atoms with Gasteiger partial charge in [0.25, 0.3) is 5.69 Å². The van der Waals surface area contributed by atoms with Crippen LogP contribution < -0.4 is 5.73 Å². The summed E-state index contributed by atoms with van der Waals surface area (Å²) in [7, 11) is 0. The molecule has 0 aromatic heterocycles. The Morgan fingerprint density at radius 3 is 2.56 bits per heavy atom. The van der Waals surface area contributed by atoms with Crippen LogP contribution in [0.25, 0.3) is 0 Å². The molecule has 0 aliphatic carbocycles. The Morgan fingerprint density at radius 1 is 1.44 bits per heavy atom. The van der Waals surface area contributed by atoms with E-state index in [0.29, 0.717) is 5.56 Å². The molecule has 1 rings (SSSR count). The van der Waals surface area contributed by atoms with Crippen molar-refractivity contribution >= 4 is 11.7 Å². The van der Waals surface area contributed by atoms with Crippen LogP contribution in [-0.2, 0) is 16.0 Å². The fourth-order valence-corrected chi connectivity index (χ4v) is 1.34.